The van der Waals surface area contributed by atoms with Crippen LogP contribution in [0.15, 0.2) is 23.9 Å². The summed E-state index contributed by atoms with van der Waals surface area (Å²) in [4.78, 5) is 0. The van der Waals surface area contributed by atoms with Crippen LogP contribution in [-0.4, -0.2) is 6.17 Å². The smallest absolute Gasteiger partial charge is 0.0804 e. The van der Waals surface area contributed by atoms with Gasteiger partial charge in [-0.3, -0.25) is 0 Å². The highest BCUT2D eigenvalue weighted by Gasteiger charge is 2.16. The fraction of sp³-hybridized carbons (Fsp3) is 0.500. The Labute approximate surface area is 61.8 Å². The van der Waals surface area contributed by atoms with Crippen molar-refractivity contribution in [1.82, 2.24) is 5.32 Å². The first-order valence-corrected chi connectivity index (χ1v) is 3.51. The van der Waals surface area contributed by atoms with Crippen LogP contribution < -0.4 is 11.1 Å². The number of rotatable bonds is 0. The van der Waals surface area contributed by atoms with Gasteiger partial charge in [-0.25, -0.2) is 0 Å². The molecular formula is C8H14N2. The van der Waals surface area contributed by atoms with Crippen LogP contribution in [0.5, 0.6) is 0 Å². The van der Waals surface area contributed by atoms with E-state index in [0.717, 1.165) is 5.70 Å². The zero-order valence-corrected chi connectivity index (χ0v) is 6.52. The zero-order chi connectivity index (χ0) is 7.72. The Morgan fingerprint density at radius 3 is 2.80 bits per heavy atom. The molecule has 1 aliphatic heterocycles. The second-order valence-corrected chi connectivity index (χ2v) is 2.86. The van der Waals surface area contributed by atoms with Gasteiger partial charge in [-0.05, 0) is 12.5 Å². The predicted octanol–water partition coefficient (Wildman–Crippen LogP) is 0.970. The molecule has 0 radical (unpaired) electrons. The van der Waals surface area contributed by atoms with Crippen molar-refractivity contribution in [3.63, 3.8) is 0 Å². The van der Waals surface area contributed by atoms with Crippen LogP contribution in [0, 0.1) is 5.92 Å². The van der Waals surface area contributed by atoms with Crippen molar-refractivity contribution in [3.8, 4) is 0 Å². The van der Waals surface area contributed by atoms with E-state index in [1.165, 1.54) is 5.57 Å². The van der Waals surface area contributed by atoms with Crippen molar-refractivity contribution in [2.75, 3.05) is 0 Å². The molecule has 2 heteroatoms. The van der Waals surface area contributed by atoms with Gasteiger partial charge in [-0.1, -0.05) is 19.6 Å². The van der Waals surface area contributed by atoms with Gasteiger partial charge in [0.2, 0.25) is 0 Å². The zero-order valence-electron chi connectivity index (χ0n) is 6.52. The van der Waals surface area contributed by atoms with Crippen molar-refractivity contribution >= 4 is 0 Å². The molecule has 0 aromatic heterocycles. The molecule has 0 aromatic carbocycles. The van der Waals surface area contributed by atoms with E-state index >= 15 is 0 Å². The molecule has 0 fully saturated rings. The van der Waals surface area contributed by atoms with E-state index in [4.69, 9.17) is 5.73 Å². The predicted molar refractivity (Wildman–Crippen MR) is 43.2 cm³/mol. The maximum atomic E-state index is 5.71. The van der Waals surface area contributed by atoms with Crippen LogP contribution in [0.4, 0.5) is 0 Å². The molecule has 0 spiro atoms. The lowest BCUT2D eigenvalue weighted by Crippen LogP contribution is -2.44. The monoisotopic (exact) mass is 138 g/mol. The molecule has 10 heavy (non-hydrogen) atoms. The third-order valence-corrected chi connectivity index (χ3v) is 1.90. The third kappa shape index (κ3) is 1.21. The lowest BCUT2D eigenvalue weighted by molar-refractivity contribution is 0.465. The SMILES string of the molecule is C=C1NC(N)C(C)C=C1C. The Morgan fingerprint density at radius 1 is 1.70 bits per heavy atom. The second kappa shape index (κ2) is 2.46. The molecule has 3 N–H and O–H groups in total. The van der Waals surface area contributed by atoms with Crippen LogP contribution in [0.1, 0.15) is 13.8 Å². The number of hydrogen-bond donors (Lipinski definition) is 2. The summed E-state index contributed by atoms with van der Waals surface area (Å²) in [6, 6.07) is 0. The molecule has 2 unspecified atom stereocenters. The van der Waals surface area contributed by atoms with Gasteiger partial charge in [0.05, 0.1) is 6.17 Å². The van der Waals surface area contributed by atoms with Crippen LogP contribution in [0.2, 0.25) is 0 Å². The Kier molecular flexibility index (Phi) is 1.81. The summed E-state index contributed by atoms with van der Waals surface area (Å²) in [7, 11) is 0. The first kappa shape index (κ1) is 7.35. The minimum absolute atomic E-state index is 0.0381. The van der Waals surface area contributed by atoms with E-state index in [9.17, 15) is 0 Å². The van der Waals surface area contributed by atoms with Crippen molar-refractivity contribution in [1.29, 1.82) is 0 Å². The summed E-state index contributed by atoms with van der Waals surface area (Å²) < 4.78 is 0. The van der Waals surface area contributed by atoms with E-state index in [2.05, 4.69) is 24.9 Å². The number of allylic oxidation sites excluding steroid dienone is 1. The molecule has 0 aromatic rings. The van der Waals surface area contributed by atoms with Crippen molar-refractivity contribution < 1.29 is 0 Å². The van der Waals surface area contributed by atoms with Gasteiger partial charge in [-0.15, -0.1) is 0 Å². The third-order valence-electron chi connectivity index (χ3n) is 1.90. The van der Waals surface area contributed by atoms with Crippen LogP contribution in [-0.2, 0) is 0 Å². The molecule has 1 rings (SSSR count). The summed E-state index contributed by atoms with van der Waals surface area (Å²) in [5, 5.41) is 3.09. The maximum absolute atomic E-state index is 5.71. The first-order chi connectivity index (χ1) is 4.61. The lowest BCUT2D eigenvalue weighted by atomic mass is 9.99. The molecule has 0 bridgehead atoms. The quantitative estimate of drug-likeness (QED) is 0.523. The van der Waals surface area contributed by atoms with Gasteiger partial charge < -0.3 is 11.1 Å². The van der Waals surface area contributed by atoms with E-state index in [1.54, 1.807) is 0 Å². The Hall–Kier alpha value is -0.760. The minimum Gasteiger partial charge on any atom is -0.370 e. The maximum Gasteiger partial charge on any atom is 0.0804 e. The lowest BCUT2D eigenvalue weighted by Gasteiger charge is -2.27. The van der Waals surface area contributed by atoms with Crippen molar-refractivity contribution in [3.05, 3.63) is 23.9 Å². The van der Waals surface area contributed by atoms with Gasteiger partial charge >= 0.3 is 0 Å². The average Bonchev–Trinajstić information content (AvgIpc) is 1.84. The summed E-state index contributed by atoms with van der Waals surface area (Å²) >= 11 is 0. The molecular weight excluding hydrogens is 124 g/mol. The highest BCUT2D eigenvalue weighted by atomic mass is 15.0. The molecule has 1 heterocycles. The normalized spacial score (nSPS) is 33.1. The van der Waals surface area contributed by atoms with Crippen LogP contribution in [0.3, 0.4) is 0 Å². The van der Waals surface area contributed by atoms with Gasteiger partial charge in [0.15, 0.2) is 0 Å². The molecule has 0 saturated carbocycles. The van der Waals surface area contributed by atoms with E-state index in [1.807, 2.05) is 6.92 Å². The summed E-state index contributed by atoms with van der Waals surface area (Å²) in [5.41, 5.74) is 7.87. The number of nitrogens with one attached hydrogen (secondary N) is 1. The van der Waals surface area contributed by atoms with Gasteiger partial charge in [0.1, 0.15) is 0 Å². The summed E-state index contributed by atoms with van der Waals surface area (Å²) in [5.74, 6) is 0.408. The van der Waals surface area contributed by atoms with Crippen LogP contribution >= 0.6 is 0 Å². The average molecular weight is 138 g/mol. The fourth-order valence-corrected chi connectivity index (χ4v) is 1.05. The highest BCUT2D eigenvalue weighted by molar-refractivity contribution is 5.29. The standard InChI is InChI=1S/C8H14N2/c1-5-4-6(2)8(9)10-7(5)3/h4,6,8,10H,3,9H2,1-2H3. The highest BCUT2D eigenvalue weighted by Crippen LogP contribution is 2.16. The molecule has 2 atom stereocenters. The largest absolute Gasteiger partial charge is 0.370 e. The number of hydrogen-bond acceptors (Lipinski definition) is 2. The topological polar surface area (TPSA) is 38.0 Å². The van der Waals surface area contributed by atoms with Gasteiger partial charge in [0, 0.05) is 11.6 Å². The van der Waals surface area contributed by atoms with Gasteiger partial charge in [0.25, 0.3) is 0 Å². The van der Waals surface area contributed by atoms with E-state index < -0.39 is 0 Å². The number of nitrogens with two attached hydrogens (primary N) is 1. The van der Waals surface area contributed by atoms with E-state index in [0.29, 0.717) is 5.92 Å². The fourth-order valence-electron chi connectivity index (χ4n) is 1.05. The summed E-state index contributed by atoms with van der Waals surface area (Å²) in [6.45, 7) is 7.95. The molecule has 2 nitrogen and oxygen atoms in total. The Morgan fingerprint density at radius 2 is 2.30 bits per heavy atom. The Bertz CT molecular complexity index is 182. The van der Waals surface area contributed by atoms with Crippen LogP contribution in [0.25, 0.3) is 0 Å². The second-order valence-electron chi connectivity index (χ2n) is 2.86. The molecule has 0 amide bonds. The molecule has 1 aliphatic rings. The van der Waals surface area contributed by atoms with Gasteiger partial charge in [-0.2, -0.15) is 0 Å². The van der Waals surface area contributed by atoms with Crippen molar-refractivity contribution in [2.45, 2.75) is 20.0 Å². The van der Waals surface area contributed by atoms with Crippen molar-refractivity contribution in [2.24, 2.45) is 11.7 Å². The summed E-state index contributed by atoms with van der Waals surface area (Å²) in [6.07, 6.45) is 2.18. The molecule has 0 aliphatic carbocycles. The molecule has 0 saturated heterocycles. The Balaban J connectivity index is 2.79. The minimum atomic E-state index is 0.0381. The first-order valence-electron chi connectivity index (χ1n) is 3.51. The molecule has 56 valence electrons. The van der Waals surface area contributed by atoms with E-state index in [-0.39, 0.29) is 6.17 Å².